The number of nitrogens with zero attached hydrogens (tertiary/aromatic N) is 3. The fourth-order valence-corrected chi connectivity index (χ4v) is 2.41. The van der Waals surface area contributed by atoms with E-state index < -0.39 is 10.5 Å². The molecule has 1 aromatic rings. The van der Waals surface area contributed by atoms with E-state index in [1.807, 2.05) is 13.0 Å². The minimum absolute atomic E-state index is 0.497. The molecule has 1 heterocycles. The lowest BCUT2D eigenvalue weighted by Crippen LogP contribution is -2.44. The van der Waals surface area contributed by atoms with E-state index in [4.69, 9.17) is 0 Å². The summed E-state index contributed by atoms with van der Waals surface area (Å²) in [6.07, 6.45) is 0. The van der Waals surface area contributed by atoms with Crippen LogP contribution in [-0.4, -0.2) is 46.5 Å². The Morgan fingerprint density at radius 2 is 1.78 bits per heavy atom. The van der Waals surface area contributed by atoms with Crippen LogP contribution in [0.3, 0.4) is 0 Å². The van der Waals surface area contributed by atoms with Crippen molar-refractivity contribution in [3.63, 3.8) is 0 Å². The molecular formula is C12H17N3O2S. The second-order valence-electron chi connectivity index (χ2n) is 4.63. The average molecular weight is 267 g/mol. The van der Waals surface area contributed by atoms with Gasteiger partial charge >= 0.3 is 10.5 Å². The lowest BCUT2D eigenvalue weighted by molar-refractivity contribution is 0.313. The number of likely N-dealkylation sites (N-methyl/N-ethyl adjacent to an activating group) is 1. The molecule has 6 heteroatoms. The highest BCUT2D eigenvalue weighted by Gasteiger charge is 2.14. The zero-order chi connectivity index (χ0) is 13.1. The summed E-state index contributed by atoms with van der Waals surface area (Å²) >= 11 is 0. The molecule has 0 spiro atoms. The minimum atomic E-state index is -2.40. The molecule has 1 aliphatic heterocycles. The van der Waals surface area contributed by atoms with Gasteiger partial charge in [-0.15, -0.1) is 4.36 Å². The van der Waals surface area contributed by atoms with Crippen LogP contribution in [0.1, 0.15) is 5.56 Å². The molecule has 98 valence electrons. The van der Waals surface area contributed by atoms with Gasteiger partial charge in [-0.3, -0.25) is 0 Å². The molecule has 1 aromatic carbocycles. The number of rotatable bonds is 2. The van der Waals surface area contributed by atoms with Gasteiger partial charge in [0.05, 0.1) is 5.69 Å². The van der Waals surface area contributed by atoms with Gasteiger partial charge < -0.3 is 9.80 Å². The van der Waals surface area contributed by atoms with Gasteiger partial charge in [-0.05, 0) is 37.7 Å². The first-order chi connectivity index (χ1) is 8.54. The van der Waals surface area contributed by atoms with Gasteiger partial charge in [0.15, 0.2) is 0 Å². The first-order valence-electron chi connectivity index (χ1n) is 5.91. The summed E-state index contributed by atoms with van der Waals surface area (Å²) in [5.41, 5.74) is 2.57. The Morgan fingerprint density at radius 1 is 1.11 bits per heavy atom. The molecule has 5 nitrogen and oxygen atoms in total. The van der Waals surface area contributed by atoms with Crippen LogP contribution in [0.25, 0.3) is 0 Å². The van der Waals surface area contributed by atoms with Gasteiger partial charge in [-0.25, -0.2) is 0 Å². The van der Waals surface area contributed by atoms with Crippen LogP contribution in [0.15, 0.2) is 22.6 Å². The van der Waals surface area contributed by atoms with Gasteiger partial charge in [0.2, 0.25) is 0 Å². The highest BCUT2D eigenvalue weighted by atomic mass is 32.2. The predicted octanol–water partition coefficient (Wildman–Crippen LogP) is 1.44. The Balaban J connectivity index is 2.28. The molecule has 0 bridgehead atoms. The highest BCUT2D eigenvalue weighted by Crippen LogP contribution is 2.25. The number of hydrogen-bond donors (Lipinski definition) is 0. The molecular weight excluding hydrogens is 250 g/mol. The van der Waals surface area contributed by atoms with Gasteiger partial charge in [-0.2, -0.15) is 8.42 Å². The smallest absolute Gasteiger partial charge is 0.316 e. The van der Waals surface area contributed by atoms with Crippen molar-refractivity contribution in [1.82, 2.24) is 4.90 Å². The molecule has 1 aliphatic rings. The van der Waals surface area contributed by atoms with Crippen molar-refractivity contribution >= 4 is 21.9 Å². The van der Waals surface area contributed by atoms with E-state index in [1.54, 1.807) is 6.07 Å². The Bertz CT molecular complexity index is 553. The molecule has 18 heavy (non-hydrogen) atoms. The van der Waals surface area contributed by atoms with Crippen LogP contribution in [-0.2, 0) is 10.5 Å². The minimum Gasteiger partial charge on any atom is -0.369 e. The van der Waals surface area contributed by atoms with Crippen LogP contribution in [0.4, 0.5) is 11.4 Å². The standard InChI is InChI=1S/C12H17N3O2S/c1-10-7-11(13-18(16)17)9-12(8-10)15-5-3-14(2)4-6-15/h7-9H,3-6H2,1-2H3. The van der Waals surface area contributed by atoms with Crippen molar-refractivity contribution < 1.29 is 8.42 Å². The van der Waals surface area contributed by atoms with Gasteiger partial charge in [-0.1, -0.05) is 0 Å². The predicted molar refractivity (Wildman–Crippen MR) is 71.9 cm³/mol. The second-order valence-corrected chi connectivity index (χ2v) is 5.24. The fraction of sp³-hybridized carbons (Fsp3) is 0.500. The number of piperazine rings is 1. The number of anilines is 1. The van der Waals surface area contributed by atoms with Crippen molar-refractivity contribution in [2.24, 2.45) is 4.36 Å². The molecule has 1 saturated heterocycles. The van der Waals surface area contributed by atoms with Crippen LogP contribution >= 0.6 is 0 Å². The van der Waals surface area contributed by atoms with Crippen LogP contribution in [0.5, 0.6) is 0 Å². The first kappa shape index (κ1) is 13.0. The quantitative estimate of drug-likeness (QED) is 0.813. The zero-order valence-corrected chi connectivity index (χ0v) is 11.4. The topological polar surface area (TPSA) is 53.0 Å². The largest absolute Gasteiger partial charge is 0.369 e. The lowest BCUT2D eigenvalue weighted by atomic mass is 10.1. The van der Waals surface area contributed by atoms with Crippen LogP contribution in [0.2, 0.25) is 0 Å². The van der Waals surface area contributed by atoms with E-state index in [0.717, 1.165) is 37.4 Å². The third kappa shape index (κ3) is 3.30. The van der Waals surface area contributed by atoms with Crippen molar-refractivity contribution in [3.8, 4) is 0 Å². The molecule has 0 atom stereocenters. The maximum atomic E-state index is 10.6. The van der Waals surface area contributed by atoms with Crippen LogP contribution in [0, 0.1) is 6.92 Å². The van der Waals surface area contributed by atoms with Crippen molar-refractivity contribution in [3.05, 3.63) is 23.8 Å². The third-order valence-corrected chi connectivity index (χ3v) is 3.46. The molecule has 0 unspecified atom stereocenters. The summed E-state index contributed by atoms with van der Waals surface area (Å²) < 4.78 is 24.8. The average Bonchev–Trinajstić information content (AvgIpc) is 2.28. The maximum Gasteiger partial charge on any atom is 0.316 e. The second kappa shape index (κ2) is 5.49. The normalized spacial score (nSPS) is 16.7. The monoisotopic (exact) mass is 267 g/mol. The van der Waals surface area contributed by atoms with E-state index in [-0.39, 0.29) is 0 Å². The summed E-state index contributed by atoms with van der Waals surface area (Å²) in [6.45, 7) is 5.91. The summed E-state index contributed by atoms with van der Waals surface area (Å²) in [7, 11) is -0.289. The van der Waals surface area contributed by atoms with Crippen molar-refractivity contribution in [2.45, 2.75) is 6.92 Å². The number of hydrogen-bond acceptors (Lipinski definition) is 5. The fourth-order valence-electron chi connectivity index (χ4n) is 2.13. The van der Waals surface area contributed by atoms with E-state index in [0.29, 0.717) is 5.69 Å². The van der Waals surface area contributed by atoms with Gasteiger partial charge in [0.25, 0.3) is 0 Å². The molecule has 1 fully saturated rings. The van der Waals surface area contributed by atoms with Crippen LogP contribution < -0.4 is 4.90 Å². The number of benzene rings is 1. The molecule has 0 aliphatic carbocycles. The third-order valence-electron chi connectivity index (χ3n) is 3.10. The number of aryl methyl sites for hydroxylation is 1. The van der Waals surface area contributed by atoms with Gasteiger partial charge in [0.1, 0.15) is 0 Å². The van der Waals surface area contributed by atoms with E-state index >= 15 is 0 Å². The molecule has 0 aromatic heterocycles. The van der Waals surface area contributed by atoms with E-state index in [9.17, 15) is 8.42 Å². The summed E-state index contributed by atoms with van der Waals surface area (Å²) in [5.74, 6) is 0. The zero-order valence-electron chi connectivity index (χ0n) is 10.6. The SMILES string of the molecule is Cc1cc(N=S(=O)=O)cc(N2CCN(C)CC2)c1. The molecule has 0 amide bonds. The summed E-state index contributed by atoms with van der Waals surface area (Å²) in [4.78, 5) is 4.55. The Morgan fingerprint density at radius 3 is 2.39 bits per heavy atom. The first-order valence-corrected chi connectivity index (χ1v) is 6.94. The lowest BCUT2D eigenvalue weighted by Gasteiger charge is -2.34. The van der Waals surface area contributed by atoms with Crippen molar-refractivity contribution in [1.29, 1.82) is 0 Å². The van der Waals surface area contributed by atoms with E-state index in [1.165, 1.54) is 0 Å². The van der Waals surface area contributed by atoms with Crippen molar-refractivity contribution in [2.75, 3.05) is 38.1 Å². The molecule has 0 radical (unpaired) electrons. The molecule has 2 rings (SSSR count). The Hall–Kier alpha value is -1.40. The highest BCUT2D eigenvalue weighted by molar-refractivity contribution is 7.61. The Labute approximate surface area is 109 Å². The molecule has 0 N–H and O–H groups in total. The van der Waals surface area contributed by atoms with E-state index in [2.05, 4.69) is 27.3 Å². The van der Waals surface area contributed by atoms with Gasteiger partial charge in [0, 0.05) is 31.9 Å². The molecule has 0 saturated carbocycles. The maximum absolute atomic E-state index is 10.6. The summed E-state index contributed by atoms with van der Waals surface area (Å²) in [6, 6.07) is 5.67. The summed E-state index contributed by atoms with van der Waals surface area (Å²) in [5, 5.41) is 0. The Kier molecular flexibility index (Phi) is 3.98.